The molecule has 0 radical (unpaired) electrons. The Morgan fingerprint density at radius 3 is 2.89 bits per heavy atom. The molecule has 0 saturated heterocycles. The molecule has 0 unspecified atom stereocenters. The van der Waals surface area contributed by atoms with Crippen molar-refractivity contribution in [2.75, 3.05) is 6.54 Å². The van der Waals surface area contributed by atoms with Gasteiger partial charge in [0.25, 0.3) is 0 Å². The molecule has 0 amide bonds. The smallest absolute Gasteiger partial charge is 0.319 e. The standard InChI is InChI=1S/C4H6N2O2S/c5-4-6-1-2(9-4)3(7)8/h2H,1H2,(H2,5,6)(H,7,8)/t2-/m0/s1. The van der Waals surface area contributed by atoms with Crippen LogP contribution in [0, 0.1) is 0 Å². The normalized spacial score (nSPS) is 25.8. The van der Waals surface area contributed by atoms with E-state index in [0.29, 0.717) is 11.7 Å². The average molecular weight is 146 g/mol. The van der Waals surface area contributed by atoms with E-state index in [1.807, 2.05) is 0 Å². The molecule has 0 bridgehead atoms. The molecule has 5 heteroatoms. The first kappa shape index (κ1) is 6.41. The van der Waals surface area contributed by atoms with Crippen LogP contribution in [0.25, 0.3) is 0 Å². The van der Waals surface area contributed by atoms with E-state index >= 15 is 0 Å². The molecule has 0 saturated carbocycles. The molecule has 0 spiro atoms. The molecule has 0 fully saturated rings. The summed E-state index contributed by atoms with van der Waals surface area (Å²) in [5.41, 5.74) is 5.21. The molecule has 1 atom stereocenters. The highest BCUT2D eigenvalue weighted by Crippen LogP contribution is 2.17. The van der Waals surface area contributed by atoms with Gasteiger partial charge in [-0.15, -0.1) is 0 Å². The average Bonchev–Trinajstić information content (AvgIpc) is 2.14. The van der Waals surface area contributed by atoms with Crippen LogP contribution < -0.4 is 5.73 Å². The number of carboxylic acid groups (broad SMARTS) is 1. The van der Waals surface area contributed by atoms with Crippen LogP contribution in [0.5, 0.6) is 0 Å². The maximum atomic E-state index is 10.2. The summed E-state index contributed by atoms with van der Waals surface area (Å²) in [6, 6.07) is 0. The quantitative estimate of drug-likeness (QED) is 0.523. The number of hydrogen-bond donors (Lipinski definition) is 2. The molecule has 0 aliphatic carbocycles. The molecule has 1 aliphatic rings. The molecule has 0 aromatic rings. The van der Waals surface area contributed by atoms with E-state index in [1.54, 1.807) is 0 Å². The van der Waals surface area contributed by atoms with Crippen molar-refractivity contribution >= 4 is 22.9 Å². The Morgan fingerprint density at radius 1 is 2.00 bits per heavy atom. The Bertz CT molecular complexity index is 168. The lowest BCUT2D eigenvalue weighted by Gasteiger charge is -1.96. The summed E-state index contributed by atoms with van der Waals surface area (Å²) in [5.74, 6) is -0.843. The molecule has 1 heterocycles. The number of carboxylic acids is 1. The third-order valence-corrected chi connectivity index (χ3v) is 1.96. The van der Waals surface area contributed by atoms with Gasteiger partial charge in [-0.25, -0.2) is 0 Å². The van der Waals surface area contributed by atoms with E-state index in [0.717, 1.165) is 11.8 Å². The highest BCUT2D eigenvalue weighted by Gasteiger charge is 2.23. The van der Waals surface area contributed by atoms with Crippen LogP contribution in [0.4, 0.5) is 0 Å². The van der Waals surface area contributed by atoms with Crippen LogP contribution in [0.15, 0.2) is 4.99 Å². The minimum atomic E-state index is -0.843. The lowest BCUT2D eigenvalue weighted by atomic mass is 10.4. The first-order valence-corrected chi connectivity index (χ1v) is 3.27. The number of nitrogens with two attached hydrogens (primary N) is 1. The second kappa shape index (κ2) is 2.26. The van der Waals surface area contributed by atoms with Crippen molar-refractivity contribution in [1.29, 1.82) is 0 Å². The van der Waals surface area contributed by atoms with E-state index in [9.17, 15) is 4.79 Å². The summed E-state index contributed by atoms with van der Waals surface area (Å²) in [6.45, 7) is 0.311. The molecule has 4 nitrogen and oxygen atoms in total. The fourth-order valence-corrected chi connectivity index (χ4v) is 1.21. The zero-order valence-electron chi connectivity index (χ0n) is 4.57. The van der Waals surface area contributed by atoms with Crippen LogP contribution in [0.1, 0.15) is 0 Å². The molecule has 0 aromatic carbocycles. The molecular formula is C4H6N2O2S. The van der Waals surface area contributed by atoms with Gasteiger partial charge in [-0.2, -0.15) is 0 Å². The van der Waals surface area contributed by atoms with Crippen molar-refractivity contribution in [2.45, 2.75) is 5.25 Å². The molecule has 1 rings (SSSR count). The fraction of sp³-hybridized carbons (Fsp3) is 0.500. The SMILES string of the molecule is NC1=NC[C@@H](C(=O)O)S1. The van der Waals surface area contributed by atoms with Crippen LogP contribution in [-0.2, 0) is 4.79 Å². The lowest BCUT2D eigenvalue weighted by Crippen LogP contribution is -2.17. The third-order valence-electron chi connectivity index (χ3n) is 0.951. The van der Waals surface area contributed by atoms with Crippen molar-refractivity contribution < 1.29 is 9.90 Å². The van der Waals surface area contributed by atoms with E-state index in [2.05, 4.69) is 4.99 Å². The number of aliphatic imine (C=N–C) groups is 1. The van der Waals surface area contributed by atoms with Crippen molar-refractivity contribution in [1.82, 2.24) is 0 Å². The van der Waals surface area contributed by atoms with Gasteiger partial charge >= 0.3 is 5.97 Å². The number of aliphatic carboxylic acids is 1. The van der Waals surface area contributed by atoms with Crippen molar-refractivity contribution in [3.8, 4) is 0 Å². The van der Waals surface area contributed by atoms with Gasteiger partial charge in [-0.1, -0.05) is 11.8 Å². The first-order chi connectivity index (χ1) is 4.20. The van der Waals surface area contributed by atoms with E-state index in [4.69, 9.17) is 10.8 Å². The minimum Gasteiger partial charge on any atom is -0.480 e. The van der Waals surface area contributed by atoms with Gasteiger partial charge < -0.3 is 10.8 Å². The maximum Gasteiger partial charge on any atom is 0.319 e. The second-order valence-corrected chi connectivity index (χ2v) is 2.85. The number of nitrogens with zero attached hydrogens (tertiary/aromatic N) is 1. The molecule has 50 valence electrons. The summed E-state index contributed by atoms with van der Waals surface area (Å²) in [5, 5.41) is 8.30. The highest BCUT2D eigenvalue weighted by molar-refractivity contribution is 8.15. The fourth-order valence-electron chi connectivity index (χ4n) is 0.522. The lowest BCUT2D eigenvalue weighted by molar-refractivity contribution is -0.136. The summed E-state index contributed by atoms with van der Waals surface area (Å²) >= 11 is 1.10. The number of amidine groups is 1. The van der Waals surface area contributed by atoms with Gasteiger partial charge in [-0.05, 0) is 0 Å². The van der Waals surface area contributed by atoms with Gasteiger partial charge in [0.15, 0.2) is 5.17 Å². The van der Waals surface area contributed by atoms with Crippen LogP contribution >= 0.6 is 11.8 Å². The Hall–Kier alpha value is -0.710. The summed E-state index contributed by atoms with van der Waals surface area (Å²) in [7, 11) is 0. The zero-order valence-corrected chi connectivity index (χ0v) is 5.39. The third kappa shape index (κ3) is 1.35. The predicted octanol–water partition coefficient (Wildman–Crippen LogP) is -0.499. The molecule has 9 heavy (non-hydrogen) atoms. The summed E-state index contributed by atoms with van der Waals surface area (Å²) in [4.78, 5) is 13.9. The Labute approximate surface area is 56.1 Å². The maximum absolute atomic E-state index is 10.2. The Kier molecular flexibility index (Phi) is 1.61. The van der Waals surface area contributed by atoms with Gasteiger partial charge in [0.2, 0.25) is 0 Å². The largest absolute Gasteiger partial charge is 0.480 e. The van der Waals surface area contributed by atoms with E-state index < -0.39 is 11.2 Å². The molecule has 0 aromatic heterocycles. The highest BCUT2D eigenvalue weighted by atomic mass is 32.2. The van der Waals surface area contributed by atoms with Crippen molar-refractivity contribution in [3.05, 3.63) is 0 Å². The van der Waals surface area contributed by atoms with Gasteiger partial charge in [0.1, 0.15) is 5.25 Å². The molecule has 3 N–H and O–H groups in total. The van der Waals surface area contributed by atoms with Crippen LogP contribution in [0.3, 0.4) is 0 Å². The van der Waals surface area contributed by atoms with E-state index in [1.165, 1.54) is 0 Å². The summed E-state index contributed by atoms with van der Waals surface area (Å²) < 4.78 is 0. The monoisotopic (exact) mass is 146 g/mol. The number of hydrogen-bond acceptors (Lipinski definition) is 4. The first-order valence-electron chi connectivity index (χ1n) is 2.39. The zero-order chi connectivity index (χ0) is 6.85. The van der Waals surface area contributed by atoms with E-state index in [-0.39, 0.29) is 0 Å². The van der Waals surface area contributed by atoms with Crippen molar-refractivity contribution in [3.63, 3.8) is 0 Å². The van der Waals surface area contributed by atoms with Gasteiger partial charge in [0.05, 0.1) is 6.54 Å². The van der Waals surface area contributed by atoms with Crippen molar-refractivity contribution in [2.24, 2.45) is 10.7 Å². The van der Waals surface area contributed by atoms with Gasteiger partial charge in [0, 0.05) is 0 Å². The molecular weight excluding hydrogens is 140 g/mol. The second-order valence-electron chi connectivity index (χ2n) is 1.62. The van der Waals surface area contributed by atoms with Gasteiger partial charge in [-0.3, -0.25) is 9.79 Å². The van der Waals surface area contributed by atoms with Crippen LogP contribution in [-0.4, -0.2) is 28.0 Å². The topological polar surface area (TPSA) is 75.7 Å². The predicted molar refractivity (Wildman–Crippen MR) is 35.5 cm³/mol. The Balaban J connectivity index is 2.47. The number of thioether (sulfide) groups is 1. The number of carbonyl (C=O) groups is 1. The minimum absolute atomic E-state index is 0.311. The van der Waals surface area contributed by atoms with Crippen LogP contribution in [0.2, 0.25) is 0 Å². The molecule has 1 aliphatic heterocycles. The Morgan fingerprint density at radius 2 is 2.67 bits per heavy atom. The number of rotatable bonds is 1. The summed E-state index contributed by atoms with van der Waals surface area (Å²) in [6.07, 6.45) is 0.